The van der Waals surface area contributed by atoms with E-state index >= 15 is 0 Å². The minimum Gasteiger partial charge on any atom is -0.351 e. The van der Waals surface area contributed by atoms with Crippen LogP contribution in [0.4, 0.5) is 0 Å². The molecule has 0 aliphatic carbocycles. The summed E-state index contributed by atoms with van der Waals surface area (Å²) in [5, 5.41) is 8.51. The molecule has 6 nitrogen and oxygen atoms in total. The monoisotopic (exact) mass is 541 g/mol. The molecule has 164 valence electrons. The molecule has 1 aromatic carbocycles. The molecule has 1 aliphatic rings. The van der Waals surface area contributed by atoms with E-state index in [1.807, 2.05) is 6.07 Å². The number of thiophene rings is 1. The average Bonchev–Trinajstić information content (AvgIpc) is 3.42. The van der Waals surface area contributed by atoms with Gasteiger partial charge in [0.2, 0.25) is 5.91 Å². The van der Waals surface area contributed by atoms with Gasteiger partial charge in [-0.3, -0.25) is 9.69 Å². The number of hydrogen-bond donors (Lipinski definition) is 2. The first-order valence-corrected chi connectivity index (χ1v) is 11.0. The predicted octanol–water partition coefficient (Wildman–Crippen LogP) is 3.29. The number of aliphatic imine (C=N–C) groups is 1. The molecule has 0 unspecified atom stereocenters. The molecular formula is C22H32IN5OS. The van der Waals surface area contributed by atoms with Gasteiger partial charge < -0.3 is 15.5 Å². The van der Waals surface area contributed by atoms with Crippen LogP contribution in [0.5, 0.6) is 0 Å². The lowest BCUT2D eigenvalue weighted by Crippen LogP contribution is -2.42. The summed E-state index contributed by atoms with van der Waals surface area (Å²) in [5.74, 6) is 0.664. The number of likely N-dealkylation sites (tertiary alicyclic amines) is 1. The molecule has 0 bridgehead atoms. The number of nitrogens with one attached hydrogen (secondary N) is 2. The van der Waals surface area contributed by atoms with Crippen LogP contribution in [0.1, 0.15) is 28.8 Å². The number of carbonyl (C=O) groups is 1. The first-order chi connectivity index (χ1) is 14.1. The Bertz CT molecular complexity index is 786. The zero-order valence-corrected chi connectivity index (χ0v) is 20.9. The van der Waals surface area contributed by atoms with E-state index in [-0.39, 0.29) is 36.4 Å². The van der Waals surface area contributed by atoms with Gasteiger partial charge in [0.25, 0.3) is 0 Å². The van der Waals surface area contributed by atoms with E-state index in [4.69, 9.17) is 0 Å². The van der Waals surface area contributed by atoms with Gasteiger partial charge in [0, 0.05) is 25.5 Å². The lowest BCUT2D eigenvalue weighted by molar-refractivity contribution is -0.127. The minimum atomic E-state index is 0. The van der Waals surface area contributed by atoms with Gasteiger partial charge in [-0.25, -0.2) is 4.99 Å². The normalized spacial score (nSPS) is 14.3. The van der Waals surface area contributed by atoms with Crippen LogP contribution in [0.2, 0.25) is 0 Å². The van der Waals surface area contributed by atoms with Gasteiger partial charge in [0.05, 0.1) is 19.6 Å². The SMILES string of the molecule is CN(C)C(=O)CNC(=NCc1ccc(CN2CCCC2)cc1)NCc1cccs1.I. The number of benzene rings is 1. The maximum Gasteiger partial charge on any atom is 0.241 e. The Kier molecular flexibility index (Phi) is 10.6. The number of halogens is 1. The first kappa shape index (κ1) is 24.6. The van der Waals surface area contributed by atoms with Crippen molar-refractivity contribution in [2.24, 2.45) is 4.99 Å². The Morgan fingerprint density at radius 2 is 1.80 bits per heavy atom. The number of carbonyl (C=O) groups excluding carboxylic acids is 1. The number of hydrogen-bond acceptors (Lipinski definition) is 4. The molecule has 0 saturated carbocycles. The van der Waals surface area contributed by atoms with E-state index in [1.165, 1.54) is 36.4 Å². The van der Waals surface area contributed by atoms with Gasteiger partial charge in [-0.2, -0.15) is 0 Å². The summed E-state index contributed by atoms with van der Waals surface area (Å²) in [5.41, 5.74) is 2.51. The van der Waals surface area contributed by atoms with E-state index < -0.39 is 0 Å². The quantitative estimate of drug-likeness (QED) is 0.306. The summed E-state index contributed by atoms with van der Waals surface area (Å²) >= 11 is 1.70. The average molecular weight is 542 g/mol. The van der Waals surface area contributed by atoms with Crippen LogP contribution in [-0.4, -0.2) is 55.4 Å². The fraction of sp³-hybridized carbons (Fsp3) is 0.455. The van der Waals surface area contributed by atoms with E-state index in [9.17, 15) is 4.79 Å². The third-order valence-corrected chi connectivity index (χ3v) is 5.84. The van der Waals surface area contributed by atoms with Gasteiger partial charge in [-0.05, 0) is 48.5 Å². The van der Waals surface area contributed by atoms with Crippen molar-refractivity contribution < 1.29 is 4.79 Å². The summed E-state index contributed by atoms with van der Waals surface area (Å²) in [6, 6.07) is 12.8. The van der Waals surface area contributed by atoms with Crippen LogP contribution in [-0.2, 0) is 24.4 Å². The molecule has 8 heteroatoms. The maximum atomic E-state index is 11.9. The van der Waals surface area contributed by atoms with Crippen molar-refractivity contribution in [2.45, 2.75) is 32.5 Å². The highest BCUT2D eigenvalue weighted by molar-refractivity contribution is 14.0. The summed E-state index contributed by atoms with van der Waals surface area (Å²) in [6.45, 7) is 4.93. The van der Waals surface area contributed by atoms with Crippen molar-refractivity contribution in [3.63, 3.8) is 0 Å². The van der Waals surface area contributed by atoms with E-state index in [1.54, 1.807) is 30.3 Å². The van der Waals surface area contributed by atoms with Crippen LogP contribution < -0.4 is 10.6 Å². The standard InChI is InChI=1S/C22H31N5OS.HI/c1-26(2)21(28)16-25-22(24-15-20-6-5-13-29-20)23-14-18-7-9-19(10-8-18)17-27-11-3-4-12-27;/h5-10,13H,3-4,11-12,14-17H2,1-2H3,(H2,23,24,25);1H. The van der Waals surface area contributed by atoms with Crippen LogP contribution >= 0.6 is 35.3 Å². The molecule has 1 saturated heterocycles. The zero-order valence-electron chi connectivity index (χ0n) is 17.8. The van der Waals surface area contributed by atoms with Crippen molar-refractivity contribution in [3.05, 3.63) is 57.8 Å². The van der Waals surface area contributed by atoms with Gasteiger partial charge in [-0.15, -0.1) is 35.3 Å². The molecule has 2 aromatic rings. The van der Waals surface area contributed by atoms with Gasteiger partial charge in [0.1, 0.15) is 0 Å². The molecule has 1 fully saturated rings. The van der Waals surface area contributed by atoms with Crippen molar-refractivity contribution in [2.75, 3.05) is 33.7 Å². The summed E-state index contributed by atoms with van der Waals surface area (Å²) in [6.07, 6.45) is 2.63. The third kappa shape index (κ3) is 8.23. The summed E-state index contributed by atoms with van der Waals surface area (Å²) in [4.78, 5) is 21.9. The van der Waals surface area contributed by atoms with Crippen molar-refractivity contribution in [1.29, 1.82) is 0 Å². The smallest absolute Gasteiger partial charge is 0.241 e. The molecule has 2 N–H and O–H groups in total. The number of guanidine groups is 1. The van der Waals surface area contributed by atoms with Gasteiger partial charge >= 0.3 is 0 Å². The molecule has 30 heavy (non-hydrogen) atoms. The molecule has 1 aliphatic heterocycles. The van der Waals surface area contributed by atoms with Crippen molar-refractivity contribution >= 4 is 47.2 Å². The van der Waals surface area contributed by atoms with Gasteiger partial charge in [-0.1, -0.05) is 30.3 Å². The van der Waals surface area contributed by atoms with E-state index in [0.717, 1.165) is 12.1 Å². The first-order valence-electron chi connectivity index (χ1n) is 10.1. The Hall–Kier alpha value is -1.65. The lowest BCUT2D eigenvalue weighted by atomic mass is 10.1. The van der Waals surface area contributed by atoms with Crippen molar-refractivity contribution in [3.8, 4) is 0 Å². The van der Waals surface area contributed by atoms with Crippen molar-refractivity contribution in [1.82, 2.24) is 20.4 Å². The Labute approximate surface area is 200 Å². The molecule has 0 radical (unpaired) electrons. The molecule has 0 atom stereocenters. The highest BCUT2D eigenvalue weighted by atomic mass is 127. The second-order valence-electron chi connectivity index (χ2n) is 7.54. The number of nitrogens with zero attached hydrogens (tertiary/aromatic N) is 3. The van der Waals surface area contributed by atoms with E-state index in [2.05, 4.69) is 56.2 Å². The summed E-state index contributed by atoms with van der Waals surface area (Å²) in [7, 11) is 3.51. The number of amides is 1. The van der Waals surface area contributed by atoms with E-state index in [0.29, 0.717) is 19.0 Å². The number of rotatable bonds is 8. The highest BCUT2D eigenvalue weighted by Crippen LogP contribution is 2.14. The summed E-state index contributed by atoms with van der Waals surface area (Å²) < 4.78 is 0. The highest BCUT2D eigenvalue weighted by Gasteiger charge is 2.11. The molecule has 3 rings (SSSR count). The fourth-order valence-electron chi connectivity index (χ4n) is 3.20. The fourth-order valence-corrected chi connectivity index (χ4v) is 3.84. The van der Waals surface area contributed by atoms with Crippen LogP contribution in [0.3, 0.4) is 0 Å². The molecular weight excluding hydrogens is 509 g/mol. The topological polar surface area (TPSA) is 60.0 Å². The number of likely N-dealkylation sites (N-methyl/N-ethyl adjacent to an activating group) is 1. The largest absolute Gasteiger partial charge is 0.351 e. The molecule has 0 spiro atoms. The third-order valence-electron chi connectivity index (χ3n) is 4.96. The minimum absolute atomic E-state index is 0. The Morgan fingerprint density at radius 3 is 2.43 bits per heavy atom. The maximum absolute atomic E-state index is 11.9. The zero-order chi connectivity index (χ0) is 20.5. The molecule has 1 amide bonds. The lowest BCUT2D eigenvalue weighted by Gasteiger charge is -2.15. The van der Waals surface area contributed by atoms with Crippen LogP contribution in [0.15, 0.2) is 46.8 Å². The van der Waals surface area contributed by atoms with Crippen LogP contribution in [0, 0.1) is 0 Å². The Balaban J connectivity index is 0.00000320. The second-order valence-corrected chi connectivity index (χ2v) is 8.57. The van der Waals surface area contributed by atoms with Crippen LogP contribution in [0.25, 0.3) is 0 Å². The molecule has 1 aromatic heterocycles. The second kappa shape index (κ2) is 12.9. The predicted molar refractivity (Wildman–Crippen MR) is 135 cm³/mol. The van der Waals surface area contributed by atoms with Gasteiger partial charge in [0.15, 0.2) is 5.96 Å². The molecule has 2 heterocycles. The Morgan fingerprint density at radius 1 is 1.10 bits per heavy atom.